The maximum atomic E-state index is 2.12. The van der Waals surface area contributed by atoms with Crippen LogP contribution in [-0.4, -0.2) is 0 Å². The monoisotopic (exact) mass is 258 g/mol. The molecular formula is C20H18. The molecule has 2 rings (SSSR count). The van der Waals surface area contributed by atoms with Crippen molar-refractivity contribution in [2.45, 2.75) is 0 Å². The van der Waals surface area contributed by atoms with Crippen LogP contribution in [0.1, 0.15) is 11.1 Å². The average Bonchev–Trinajstić information content (AvgIpc) is 2.47. The van der Waals surface area contributed by atoms with Crippen molar-refractivity contribution in [1.82, 2.24) is 0 Å². The predicted molar refractivity (Wildman–Crippen MR) is 90.2 cm³/mol. The standard InChI is InChI=1S/C20H18/c1-2-4-6-8-10-12-16-20-18-14-13-17-19(20)15-11-9-7-5-3-1/h1-18H/b2-1+,3-1?,4-2?,5-3-,6-4-,7-5?,8-6?,9-7-,10-8+,11-9?,12-10?,15-11+,16-12+,19-15?,20-16?. The second-order valence-corrected chi connectivity index (χ2v) is 4.27. The van der Waals surface area contributed by atoms with Gasteiger partial charge in [0.25, 0.3) is 0 Å². The van der Waals surface area contributed by atoms with Crippen molar-refractivity contribution in [3.8, 4) is 0 Å². The van der Waals surface area contributed by atoms with E-state index in [1.807, 2.05) is 60.8 Å². The Morgan fingerprint density at radius 1 is 0.350 bits per heavy atom. The van der Waals surface area contributed by atoms with Crippen LogP contribution in [-0.2, 0) is 0 Å². The molecule has 0 atom stereocenters. The zero-order valence-electron chi connectivity index (χ0n) is 11.4. The number of hydrogen-bond acceptors (Lipinski definition) is 0. The third kappa shape index (κ3) is 4.95. The van der Waals surface area contributed by atoms with Crippen molar-refractivity contribution in [2.75, 3.05) is 0 Å². The highest BCUT2D eigenvalue weighted by Gasteiger charge is 1.92. The first-order chi connectivity index (χ1) is 9.97. The number of fused-ring (bicyclic) bond motifs is 1. The third-order valence-electron chi connectivity index (χ3n) is 2.77. The van der Waals surface area contributed by atoms with Gasteiger partial charge in [-0.2, -0.15) is 0 Å². The molecule has 1 aromatic rings. The van der Waals surface area contributed by atoms with Gasteiger partial charge in [0.2, 0.25) is 0 Å². The van der Waals surface area contributed by atoms with Crippen LogP contribution in [0.15, 0.2) is 97.2 Å². The molecule has 0 nitrogen and oxygen atoms in total. The maximum absolute atomic E-state index is 2.12. The van der Waals surface area contributed by atoms with Gasteiger partial charge in [-0.3, -0.25) is 0 Å². The van der Waals surface area contributed by atoms with Crippen LogP contribution in [0, 0.1) is 0 Å². The molecule has 1 aromatic carbocycles. The number of benzene rings is 1. The van der Waals surface area contributed by atoms with Crippen LogP contribution in [0.3, 0.4) is 0 Å². The molecule has 0 bridgehead atoms. The van der Waals surface area contributed by atoms with E-state index in [4.69, 9.17) is 0 Å². The van der Waals surface area contributed by atoms with E-state index in [0.717, 1.165) is 0 Å². The molecule has 1 aliphatic carbocycles. The summed E-state index contributed by atoms with van der Waals surface area (Å²) in [6, 6.07) is 8.36. The van der Waals surface area contributed by atoms with Gasteiger partial charge in [0.05, 0.1) is 0 Å². The molecule has 0 amide bonds. The Hall–Kier alpha value is -2.60. The van der Waals surface area contributed by atoms with Gasteiger partial charge in [0.15, 0.2) is 0 Å². The summed E-state index contributed by atoms with van der Waals surface area (Å²) in [5.74, 6) is 0. The van der Waals surface area contributed by atoms with Crippen molar-refractivity contribution in [3.63, 3.8) is 0 Å². The molecule has 0 heterocycles. The van der Waals surface area contributed by atoms with Crippen molar-refractivity contribution < 1.29 is 0 Å². The molecule has 0 fully saturated rings. The first-order valence-corrected chi connectivity index (χ1v) is 6.74. The van der Waals surface area contributed by atoms with E-state index in [1.54, 1.807) is 0 Å². The summed E-state index contributed by atoms with van der Waals surface area (Å²) in [5.41, 5.74) is 2.43. The van der Waals surface area contributed by atoms with Crippen molar-refractivity contribution in [1.29, 1.82) is 0 Å². The smallest absolute Gasteiger partial charge is 0.0184 e. The van der Waals surface area contributed by atoms with Crippen LogP contribution < -0.4 is 0 Å². The van der Waals surface area contributed by atoms with Gasteiger partial charge >= 0.3 is 0 Å². The Bertz CT molecular complexity index is 562. The molecule has 98 valence electrons. The Balaban J connectivity index is 2.28. The molecular weight excluding hydrogens is 240 g/mol. The van der Waals surface area contributed by atoms with E-state index in [2.05, 4.69) is 48.6 Å². The van der Waals surface area contributed by atoms with Crippen LogP contribution in [0.25, 0.3) is 12.2 Å². The Morgan fingerprint density at radius 2 is 0.650 bits per heavy atom. The van der Waals surface area contributed by atoms with Crippen LogP contribution in [0.5, 0.6) is 0 Å². The highest BCUT2D eigenvalue weighted by Crippen LogP contribution is 2.12. The summed E-state index contributed by atoms with van der Waals surface area (Å²) in [7, 11) is 0. The van der Waals surface area contributed by atoms with Crippen molar-refractivity contribution in [3.05, 3.63) is 108 Å². The fraction of sp³-hybridized carbons (Fsp3) is 0. The molecule has 1 aliphatic rings. The largest absolute Gasteiger partial charge is 0.0623 e. The summed E-state index contributed by atoms with van der Waals surface area (Å²) < 4.78 is 0. The van der Waals surface area contributed by atoms with Gasteiger partial charge in [-0.1, -0.05) is 109 Å². The molecule has 0 saturated heterocycles. The van der Waals surface area contributed by atoms with Gasteiger partial charge in [0.1, 0.15) is 0 Å². The molecule has 0 spiro atoms. The van der Waals surface area contributed by atoms with E-state index in [0.29, 0.717) is 0 Å². The number of allylic oxidation sites excluding steroid dienone is 12. The minimum Gasteiger partial charge on any atom is -0.0623 e. The zero-order chi connectivity index (χ0) is 13.9. The summed E-state index contributed by atoms with van der Waals surface area (Å²) >= 11 is 0. The third-order valence-corrected chi connectivity index (χ3v) is 2.77. The molecule has 0 heteroatoms. The van der Waals surface area contributed by atoms with Gasteiger partial charge in [0, 0.05) is 0 Å². The summed E-state index contributed by atoms with van der Waals surface area (Å²) in [4.78, 5) is 0. The van der Waals surface area contributed by atoms with Crippen molar-refractivity contribution >= 4 is 12.2 Å². The van der Waals surface area contributed by atoms with Gasteiger partial charge in [-0.25, -0.2) is 0 Å². The second-order valence-electron chi connectivity index (χ2n) is 4.27. The first kappa shape index (κ1) is 13.8. The fourth-order valence-corrected chi connectivity index (χ4v) is 1.77. The lowest BCUT2D eigenvalue weighted by Crippen LogP contribution is -1.78. The second kappa shape index (κ2) is 8.49. The normalized spacial score (nSPS) is 25.8. The Kier molecular flexibility index (Phi) is 5.87. The molecule has 0 aromatic heterocycles. The van der Waals surface area contributed by atoms with E-state index < -0.39 is 0 Å². The lowest BCUT2D eigenvalue weighted by Gasteiger charge is -1.99. The highest BCUT2D eigenvalue weighted by molar-refractivity contribution is 5.66. The molecule has 0 saturated carbocycles. The fourth-order valence-electron chi connectivity index (χ4n) is 1.77. The maximum Gasteiger partial charge on any atom is -0.0184 e. The summed E-state index contributed by atoms with van der Waals surface area (Å²) in [5, 5.41) is 0. The topological polar surface area (TPSA) is 0 Å². The summed E-state index contributed by atoms with van der Waals surface area (Å²) in [6.45, 7) is 0. The summed E-state index contributed by atoms with van der Waals surface area (Å²) in [6.07, 6.45) is 28.5. The average molecular weight is 258 g/mol. The molecule has 0 unspecified atom stereocenters. The minimum absolute atomic E-state index is 1.22. The molecule has 0 aliphatic heterocycles. The predicted octanol–water partition coefficient (Wildman–Crippen LogP) is 5.51. The van der Waals surface area contributed by atoms with E-state index >= 15 is 0 Å². The highest BCUT2D eigenvalue weighted by atomic mass is 14.0. The van der Waals surface area contributed by atoms with E-state index in [9.17, 15) is 0 Å². The SMILES string of the molecule is C1=C\C=C\C=C/C=C/C=C/c2ccccc2\C=C\C=C/1. The van der Waals surface area contributed by atoms with Crippen molar-refractivity contribution in [2.24, 2.45) is 0 Å². The Morgan fingerprint density at radius 3 is 1.00 bits per heavy atom. The molecule has 20 heavy (non-hydrogen) atoms. The number of hydrogen-bond donors (Lipinski definition) is 0. The van der Waals surface area contributed by atoms with Crippen LogP contribution in [0.2, 0.25) is 0 Å². The molecule has 0 radical (unpaired) electrons. The minimum atomic E-state index is 1.22. The van der Waals surface area contributed by atoms with Crippen LogP contribution in [0.4, 0.5) is 0 Å². The lowest BCUT2D eigenvalue weighted by atomic mass is 10.1. The quantitative estimate of drug-likeness (QED) is 0.575. The van der Waals surface area contributed by atoms with Gasteiger partial charge in [-0.15, -0.1) is 0 Å². The Labute approximate surface area is 121 Å². The zero-order valence-corrected chi connectivity index (χ0v) is 11.4. The first-order valence-electron chi connectivity index (χ1n) is 6.74. The lowest BCUT2D eigenvalue weighted by molar-refractivity contribution is 1.61. The van der Waals surface area contributed by atoms with Gasteiger partial charge in [-0.05, 0) is 11.1 Å². The van der Waals surface area contributed by atoms with E-state index in [-0.39, 0.29) is 0 Å². The van der Waals surface area contributed by atoms with Crippen LogP contribution >= 0.6 is 0 Å². The molecule has 0 N–H and O–H groups in total. The van der Waals surface area contributed by atoms with Gasteiger partial charge < -0.3 is 0 Å². The van der Waals surface area contributed by atoms with E-state index in [1.165, 1.54) is 11.1 Å². The number of rotatable bonds is 0.